The smallest absolute Gasteiger partial charge is 0.161 e. The van der Waals surface area contributed by atoms with Gasteiger partial charge in [0, 0.05) is 19.0 Å². The summed E-state index contributed by atoms with van der Waals surface area (Å²) < 4.78 is 11.3. The summed E-state index contributed by atoms with van der Waals surface area (Å²) >= 11 is 0. The number of fused-ring (bicyclic) bond motifs is 1. The fourth-order valence-corrected chi connectivity index (χ4v) is 2.30. The Hall–Kier alpha value is -2.83. The molecule has 1 aromatic heterocycles. The lowest BCUT2D eigenvalue weighted by Gasteiger charge is -2.13. The zero-order valence-corrected chi connectivity index (χ0v) is 12.2. The molecular formula is C15H17N5O2. The van der Waals surface area contributed by atoms with Crippen LogP contribution in [0.15, 0.2) is 24.5 Å². The minimum absolute atomic E-state index is 0.234. The molecule has 114 valence electrons. The Labute approximate surface area is 128 Å². The summed E-state index contributed by atoms with van der Waals surface area (Å²) in [7, 11) is 1.73. The maximum Gasteiger partial charge on any atom is 0.161 e. The van der Waals surface area contributed by atoms with Crippen LogP contribution in [-0.2, 0) is 0 Å². The standard InChI is InChI=1S/C15H17N5O2/c1-18-15-12(14(17)19-8-20-15)13(16)9-3-4-10-11(7-9)22-6-2-5-21-10/h3-4,7-8,16H,2,5-6H2,1H3,(H3,17,18,19,20). The molecule has 2 aromatic rings. The van der Waals surface area contributed by atoms with E-state index in [1.807, 2.05) is 12.1 Å². The van der Waals surface area contributed by atoms with Crippen molar-refractivity contribution in [3.05, 3.63) is 35.7 Å². The van der Waals surface area contributed by atoms with E-state index in [9.17, 15) is 0 Å². The van der Waals surface area contributed by atoms with E-state index < -0.39 is 0 Å². The number of nitrogen functional groups attached to an aromatic ring is 1. The monoisotopic (exact) mass is 299 g/mol. The van der Waals surface area contributed by atoms with Crippen LogP contribution in [-0.4, -0.2) is 35.9 Å². The fraction of sp³-hybridized carbons (Fsp3) is 0.267. The quantitative estimate of drug-likeness (QED) is 0.744. The molecule has 0 saturated heterocycles. The molecule has 0 spiro atoms. The first-order chi connectivity index (χ1) is 10.7. The molecule has 3 rings (SSSR count). The number of hydrogen-bond acceptors (Lipinski definition) is 7. The van der Waals surface area contributed by atoms with Crippen molar-refractivity contribution < 1.29 is 9.47 Å². The molecule has 0 unspecified atom stereocenters. The molecule has 7 nitrogen and oxygen atoms in total. The van der Waals surface area contributed by atoms with E-state index in [0.717, 1.165) is 6.42 Å². The second-order valence-electron chi connectivity index (χ2n) is 4.82. The average Bonchev–Trinajstić information content (AvgIpc) is 2.78. The molecule has 0 radical (unpaired) electrons. The Morgan fingerprint density at radius 1 is 1.23 bits per heavy atom. The van der Waals surface area contributed by atoms with Gasteiger partial charge < -0.3 is 20.5 Å². The number of aromatic nitrogens is 2. The van der Waals surface area contributed by atoms with Gasteiger partial charge in [0.05, 0.1) is 24.5 Å². The van der Waals surface area contributed by atoms with Gasteiger partial charge in [-0.05, 0) is 18.2 Å². The highest BCUT2D eigenvalue weighted by Gasteiger charge is 2.18. The van der Waals surface area contributed by atoms with Crippen LogP contribution in [0.3, 0.4) is 0 Å². The van der Waals surface area contributed by atoms with Gasteiger partial charge in [0.15, 0.2) is 11.5 Å². The number of nitrogens with one attached hydrogen (secondary N) is 2. The molecule has 1 aromatic carbocycles. The molecule has 4 N–H and O–H groups in total. The van der Waals surface area contributed by atoms with Crippen molar-refractivity contribution >= 4 is 17.3 Å². The first kappa shape index (κ1) is 14.1. The number of benzene rings is 1. The van der Waals surface area contributed by atoms with Crippen molar-refractivity contribution in [2.45, 2.75) is 6.42 Å². The van der Waals surface area contributed by atoms with Crippen molar-refractivity contribution in [2.75, 3.05) is 31.3 Å². The molecule has 0 bridgehead atoms. The van der Waals surface area contributed by atoms with E-state index >= 15 is 0 Å². The lowest BCUT2D eigenvalue weighted by Crippen LogP contribution is -2.12. The first-order valence-electron chi connectivity index (χ1n) is 6.98. The number of rotatable bonds is 3. The van der Waals surface area contributed by atoms with Gasteiger partial charge in [-0.15, -0.1) is 0 Å². The van der Waals surface area contributed by atoms with E-state index in [4.69, 9.17) is 20.6 Å². The van der Waals surface area contributed by atoms with Crippen LogP contribution in [0.4, 0.5) is 11.6 Å². The maximum absolute atomic E-state index is 8.43. The Bertz CT molecular complexity index is 717. The van der Waals surface area contributed by atoms with Crippen molar-refractivity contribution in [2.24, 2.45) is 0 Å². The van der Waals surface area contributed by atoms with E-state index in [1.165, 1.54) is 6.33 Å². The summed E-state index contributed by atoms with van der Waals surface area (Å²) in [5, 5.41) is 11.4. The van der Waals surface area contributed by atoms with Crippen LogP contribution in [0.2, 0.25) is 0 Å². The van der Waals surface area contributed by atoms with Gasteiger partial charge in [0.2, 0.25) is 0 Å². The van der Waals surface area contributed by atoms with Gasteiger partial charge in [-0.25, -0.2) is 9.97 Å². The molecule has 1 aliphatic heterocycles. The van der Waals surface area contributed by atoms with Crippen molar-refractivity contribution in [1.29, 1.82) is 5.41 Å². The van der Waals surface area contributed by atoms with Crippen LogP contribution in [0.1, 0.15) is 17.5 Å². The Morgan fingerprint density at radius 3 is 2.77 bits per heavy atom. The molecule has 0 fully saturated rings. The molecule has 0 amide bonds. The Kier molecular flexibility index (Phi) is 3.78. The van der Waals surface area contributed by atoms with Gasteiger partial charge >= 0.3 is 0 Å². The summed E-state index contributed by atoms with van der Waals surface area (Å²) in [5.41, 5.74) is 7.28. The molecule has 7 heteroatoms. The molecule has 2 heterocycles. The number of nitrogens with two attached hydrogens (primary N) is 1. The minimum Gasteiger partial charge on any atom is -0.490 e. The molecule has 0 aliphatic carbocycles. The number of hydrogen-bond donors (Lipinski definition) is 3. The summed E-state index contributed by atoms with van der Waals surface area (Å²) in [5.74, 6) is 2.11. The van der Waals surface area contributed by atoms with E-state index in [0.29, 0.717) is 41.7 Å². The molecule has 1 aliphatic rings. The highest BCUT2D eigenvalue weighted by atomic mass is 16.5. The summed E-state index contributed by atoms with van der Waals surface area (Å²) in [6.45, 7) is 1.23. The lowest BCUT2D eigenvalue weighted by molar-refractivity contribution is 0.297. The molecule has 22 heavy (non-hydrogen) atoms. The third-order valence-corrected chi connectivity index (χ3v) is 3.40. The maximum atomic E-state index is 8.43. The molecule has 0 atom stereocenters. The van der Waals surface area contributed by atoms with Crippen molar-refractivity contribution in [3.8, 4) is 11.5 Å². The van der Waals surface area contributed by atoms with Crippen molar-refractivity contribution in [3.63, 3.8) is 0 Å². The predicted molar refractivity (Wildman–Crippen MR) is 84.0 cm³/mol. The normalized spacial score (nSPS) is 13.3. The van der Waals surface area contributed by atoms with Gasteiger partial charge in [0.25, 0.3) is 0 Å². The second kappa shape index (κ2) is 5.88. The third kappa shape index (κ3) is 2.52. The van der Waals surface area contributed by atoms with Crippen LogP contribution < -0.4 is 20.5 Å². The SMILES string of the molecule is CNc1ncnc(N)c1C(=N)c1ccc2c(c1)OCCCO2. The topological polar surface area (TPSA) is 106 Å². The van der Waals surface area contributed by atoms with E-state index in [-0.39, 0.29) is 11.5 Å². The number of anilines is 2. The predicted octanol–water partition coefficient (Wildman–Crippen LogP) is 1.68. The lowest BCUT2D eigenvalue weighted by atomic mass is 10.0. The van der Waals surface area contributed by atoms with Gasteiger partial charge in [0.1, 0.15) is 18.0 Å². The van der Waals surface area contributed by atoms with Crippen molar-refractivity contribution in [1.82, 2.24) is 9.97 Å². The van der Waals surface area contributed by atoms with Crippen LogP contribution in [0, 0.1) is 5.41 Å². The van der Waals surface area contributed by atoms with Crippen LogP contribution in [0.25, 0.3) is 0 Å². The largest absolute Gasteiger partial charge is 0.490 e. The second-order valence-corrected chi connectivity index (χ2v) is 4.82. The summed E-state index contributed by atoms with van der Waals surface area (Å²) in [6.07, 6.45) is 2.21. The minimum atomic E-state index is 0.234. The van der Waals surface area contributed by atoms with Gasteiger partial charge in [-0.3, -0.25) is 5.41 Å². The molecule has 0 saturated carbocycles. The van der Waals surface area contributed by atoms with Crippen LogP contribution >= 0.6 is 0 Å². The van der Waals surface area contributed by atoms with Crippen LogP contribution in [0.5, 0.6) is 11.5 Å². The zero-order chi connectivity index (χ0) is 15.5. The third-order valence-electron chi connectivity index (χ3n) is 3.40. The average molecular weight is 299 g/mol. The number of ether oxygens (including phenoxy) is 2. The Balaban J connectivity index is 2.01. The highest BCUT2D eigenvalue weighted by molar-refractivity contribution is 6.16. The first-order valence-corrected chi connectivity index (χ1v) is 6.98. The fourth-order valence-electron chi connectivity index (χ4n) is 2.30. The Morgan fingerprint density at radius 2 is 2.00 bits per heavy atom. The summed E-state index contributed by atoms with van der Waals surface area (Å²) in [6, 6.07) is 5.40. The highest BCUT2D eigenvalue weighted by Crippen LogP contribution is 2.32. The number of nitrogens with zero attached hydrogens (tertiary/aromatic N) is 2. The van der Waals surface area contributed by atoms with E-state index in [1.54, 1.807) is 13.1 Å². The molecular weight excluding hydrogens is 282 g/mol. The zero-order valence-electron chi connectivity index (χ0n) is 12.2. The van der Waals surface area contributed by atoms with Gasteiger partial charge in [-0.2, -0.15) is 0 Å². The van der Waals surface area contributed by atoms with E-state index in [2.05, 4.69) is 15.3 Å². The van der Waals surface area contributed by atoms with Gasteiger partial charge in [-0.1, -0.05) is 0 Å². The summed E-state index contributed by atoms with van der Waals surface area (Å²) in [4.78, 5) is 8.07.